The Hall–Kier alpha value is -3.54. The van der Waals surface area contributed by atoms with Crippen LogP contribution in [0.2, 0.25) is 0 Å². The van der Waals surface area contributed by atoms with Crippen LogP contribution in [-0.2, 0) is 4.79 Å². The molecule has 0 aliphatic carbocycles. The van der Waals surface area contributed by atoms with Crippen molar-refractivity contribution in [2.75, 3.05) is 31.1 Å². The number of hydrogen-bond acceptors (Lipinski definition) is 5. The van der Waals surface area contributed by atoms with Crippen LogP contribution in [0.4, 0.5) is 5.82 Å². The molecule has 0 saturated carbocycles. The first-order valence-electron chi connectivity index (χ1n) is 11.0. The van der Waals surface area contributed by atoms with Gasteiger partial charge in [0, 0.05) is 56.3 Å². The van der Waals surface area contributed by atoms with Crippen molar-refractivity contribution in [2.45, 2.75) is 26.7 Å². The predicted molar refractivity (Wildman–Crippen MR) is 126 cm³/mol. The summed E-state index contributed by atoms with van der Waals surface area (Å²) in [5.41, 5.74) is 3.72. The number of nitrogens with zero attached hydrogens (tertiary/aromatic N) is 4. The van der Waals surface area contributed by atoms with E-state index in [9.17, 15) is 9.59 Å². The van der Waals surface area contributed by atoms with Crippen molar-refractivity contribution in [1.82, 2.24) is 14.9 Å². The lowest BCUT2D eigenvalue weighted by atomic mass is 9.99. The molecule has 0 N–H and O–H groups in total. The number of aromatic nitrogens is 2. The lowest BCUT2D eigenvalue weighted by molar-refractivity contribution is -0.131. The molecule has 0 bridgehead atoms. The van der Waals surface area contributed by atoms with Gasteiger partial charge in [0.25, 0.3) is 0 Å². The topological polar surface area (TPSA) is 66.4 Å². The van der Waals surface area contributed by atoms with Crippen LogP contribution in [0.25, 0.3) is 11.4 Å². The fourth-order valence-electron chi connectivity index (χ4n) is 3.99. The van der Waals surface area contributed by atoms with E-state index in [4.69, 9.17) is 4.98 Å². The van der Waals surface area contributed by atoms with Crippen molar-refractivity contribution >= 4 is 17.5 Å². The molecular formula is C26H28N4O2. The van der Waals surface area contributed by atoms with Crippen LogP contribution in [0.15, 0.2) is 60.8 Å². The van der Waals surface area contributed by atoms with Gasteiger partial charge in [-0.25, -0.2) is 9.97 Å². The summed E-state index contributed by atoms with van der Waals surface area (Å²) in [7, 11) is 0. The Labute approximate surface area is 188 Å². The second kappa shape index (κ2) is 9.73. The molecule has 1 aliphatic rings. The molecule has 1 aromatic heterocycles. The van der Waals surface area contributed by atoms with E-state index in [0.29, 0.717) is 32.0 Å². The number of Topliss-reactive ketones (excluding diaryl/α,β-unsaturated/α-hetero) is 1. The number of benzene rings is 2. The monoisotopic (exact) mass is 428 g/mol. The molecule has 1 saturated heterocycles. The summed E-state index contributed by atoms with van der Waals surface area (Å²) < 4.78 is 0. The Morgan fingerprint density at radius 1 is 0.906 bits per heavy atom. The highest BCUT2D eigenvalue weighted by Gasteiger charge is 2.23. The van der Waals surface area contributed by atoms with Crippen molar-refractivity contribution in [3.05, 3.63) is 77.5 Å². The Bertz CT molecular complexity index is 1110. The Balaban J connectivity index is 1.31. The Morgan fingerprint density at radius 3 is 2.41 bits per heavy atom. The molecule has 2 aromatic carbocycles. The maximum atomic E-state index is 12.7. The summed E-state index contributed by atoms with van der Waals surface area (Å²) in [6.07, 6.45) is 2.27. The normalized spacial score (nSPS) is 13.8. The number of piperazine rings is 1. The first-order chi connectivity index (χ1) is 15.5. The average Bonchev–Trinajstić information content (AvgIpc) is 2.84. The number of ketones is 1. The van der Waals surface area contributed by atoms with Crippen LogP contribution < -0.4 is 4.90 Å². The maximum Gasteiger partial charge on any atom is 0.223 e. The van der Waals surface area contributed by atoms with Gasteiger partial charge in [0.2, 0.25) is 5.91 Å². The highest BCUT2D eigenvalue weighted by Crippen LogP contribution is 2.20. The molecule has 0 radical (unpaired) electrons. The number of aryl methyl sites for hydroxylation is 2. The fourth-order valence-corrected chi connectivity index (χ4v) is 3.99. The molecule has 0 spiro atoms. The van der Waals surface area contributed by atoms with Gasteiger partial charge in [-0.05, 0) is 31.5 Å². The van der Waals surface area contributed by atoms with Crippen LogP contribution in [0.5, 0.6) is 0 Å². The minimum absolute atomic E-state index is 0.0348. The quantitative estimate of drug-likeness (QED) is 0.554. The van der Waals surface area contributed by atoms with E-state index in [2.05, 4.69) is 9.88 Å². The van der Waals surface area contributed by atoms with Gasteiger partial charge in [-0.15, -0.1) is 0 Å². The van der Waals surface area contributed by atoms with Crippen LogP contribution in [-0.4, -0.2) is 52.7 Å². The number of hydrogen-bond donors (Lipinski definition) is 0. The molecule has 3 aromatic rings. The maximum absolute atomic E-state index is 12.7. The largest absolute Gasteiger partial charge is 0.353 e. The summed E-state index contributed by atoms with van der Waals surface area (Å²) in [6.45, 7) is 6.58. The van der Waals surface area contributed by atoms with Crippen molar-refractivity contribution in [3.8, 4) is 11.4 Å². The van der Waals surface area contributed by atoms with E-state index < -0.39 is 0 Å². The van der Waals surface area contributed by atoms with Gasteiger partial charge in [-0.3, -0.25) is 9.59 Å². The number of rotatable bonds is 6. The number of carbonyl (C=O) groups is 2. The minimum atomic E-state index is 0.0348. The van der Waals surface area contributed by atoms with Crippen molar-refractivity contribution in [1.29, 1.82) is 0 Å². The third kappa shape index (κ3) is 5.02. The standard InChI is InChI=1S/C26H28N4O2/c1-19-8-9-20(2)22(18-19)23(31)10-11-25(32)30-16-14-29(15-17-30)24-12-13-27-26(28-24)21-6-4-3-5-7-21/h3-9,12-13,18H,10-11,14-17H2,1-2H3. The summed E-state index contributed by atoms with van der Waals surface area (Å²) in [6, 6.07) is 17.7. The van der Waals surface area contributed by atoms with Crippen LogP contribution in [0, 0.1) is 13.8 Å². The van der Waals surface area contributed by atoms with Crippen LogP contribution in [0.3, 0.4) is 0 Å². The molecular weight excluding hydrogens is 400 g/mol. The highest BCUT2D eigenvalue weighted by atomic mass is 16.2. The molecule has 164 valence electrons. The van der Waals surface area contributed by atoms with E-state index >= 15 is 0 Å². The molecule has 4 rings (SSSR count). The van der Waals surface area contributed by atoms with Crippen molar-refractivity contribution in [3.63, 3.8) is 0 Å². The molecule has 0 atom stereocenters. The fraction of sp³-hybridized carbons (Fsp3) is 0.308. The van der Waals surface area contributed by atoms with E-state index in [1.54, 1.807) is 6.20 Å². The Kier molecular flexibility index (Phi) is 6.59. The zero-order valence-electron chi connectivity index (χ0n) is 18.6. The summed E-state index contributed by atoms with van der Waals surface area (Å²) in [5.74, 6) is 1.64. The molecule has 1 aliphatic heterocycles. The van der Waals surface area contributed by atoms with E-state index in [1.165, 1.54) is 0 Å². The first kappa shape index (κ1) is 21.7. The van der Waals surface area contributed by atoms with Gasteiger partial charge < -0.3 is 9.80 Å². The van der Waals surface area contributed by atoms with Crippen molar-refractivity contribution in [2.24, 2.45) is 0 Å². The zero-order valence-corrected chi connectivity index (χ0v) is 18.6. The van der Waals surface area contributed by atoms with E-state index in [1.807, 2.05) is 73.3 Å². The van der Waals surface area contributed by atoms with Gasteiger partial charge in [0.1, 0.15) is 5.82 Å². The van der Waals surface area contributed by atoms with E-state index in [0.717, 1.165) is 28.1 Å². The van der Waals surface area contributed by atoms with Gasteiger partial charge in [0.15, 0.2) is 11.6 Å². The SMILES string of the molecule is Cc1ccc(C)c(C(=O)CCC(=O)N2CCN(c3ccnc(-c4ccccc4)n3)CC2)c1. The second-order valence-corrected chi connectivity index (χ2v) is 8.21. The summed E-state index contributed by atoms with van der Waals surface area (Å²) in [4.78, 5) is 38.4. The summed E-state index contributed by atoms with van der Waals surface area (Å²) >= 11 is 0. The van der Waals surface area contributed by atoms with Gasteiger partial charge in [0.05, 0.1) is 0 Å². The molecule has 1 amide bonds. The van der Waals surface area contributed by atoms with Crippen LogP contribution >= 0.6 is 0 Å². The third-order valence-corrected chi connectivity index (χ3v) is 5.89. The van der Waals surface area contributed by atoms with Crippen molar-refractivity contribution < 1.29 is 9.59 Å². The van der Waals surface area contributed by atoms with Gasteiger partial charge in [-0.1, -0.05) is 48.0 Å². The summed E-state index contributed by atoms with van der Waals surface area (Å²) in [5, 5.41) is 0. The molecule has 1 fully saturated rings. The second-order valence-electron chi connectivity index (χ2n) is 8.21. The lowest BCUT2D eigenvalue weighted by Crippen LogP contribution is -2.49. The van der Waals surface area contributed by atoms with Gasteiger partial charge in [-0.2, -0.15) is 0 Å². The lowest BCUT2D eigenvalue weighted by Gasteiger charge is -2.35. The Morgan fingerprint density at radius 2 is 1.66 bits per heavy atom. The molecule has 6 nitrogen and oxygen atoms in total. The van der Waals surface area contributed by atoms with Crippen LogP contribution in [0.1, 0.15) is 34.3 Å². The minimum Gasteiger partial charge on any atom is -0.353 e. The highest BCUT2D eigenvalue weighted by molar-refractivity contribution is 5.99. The number of amides is 1. The predicted octanol–water partition coefficient (Wildman–Crippen LogP) is 4.07. The van der Waals surface area contributed by atoms with Gasteiger partial charge >= 0.3 is 0 Å². The molecule has 0 unspecified atom stereocenters. The smallest absolute Gasteiger partial charge is 0.223 e. The number of anilines is 1. The number of carbonyl (C=O) groups excluding carboxylic acids is 2. The third-order valence-electron chi connectivity index (χ3n) is 5.89. The molecule has 2 heterocycles. The zero-order chi connectivity index (χ0) is 22.5. The first-order valence-corrected chi connectivity index (χ1v) is 11.0. The van der Waals surface area contributed by atoms with E-state index in [-0.39, 0.29) is 24.5 Å². The molecule has 32 heavy (non-hydrogen) atoms. The molecule has 6 heteroatoms. The average molecular weight is 429 g/mol.